The number of hydrogen-bond donors (Lipinski definition) is 1. The maximum Gasteiger partial charge on any atom is 0.419 e. The van der Waals surface area contributed by atoms with E-state index in [2.05, 4.69) is 19.2 Å². The summed E-state index contributed by atoms with van der Waals surface area (Å²) in [6.45, 7) is 6.69. The Bertz CT molecular complexity index is 685. The third-order valence-electron chi connectivity index (χ3n) is 3.72. The highest BCUT2D eigenvalue weighted by atomic mass is 16.4. The number of carbonyl (C=O) groups excluding carboxylic acids is 1. The number of nitrogens with one attached hydrogen (secondary N) is 1. The van der Waals surface area contributed by atoms with Crippen LogP contribution in [0.1, 0.15) is 40.0 Å². The van der Waals surface area contributed by atoms with Gasteiger partial charge in [0.1, 0.15) is 0 Å². The molecule has 0 bridgehead atoms. The summed E-state index contributed by atoms with van der Waals surface area (Å²) in [5.74, 6) is 0.186. The average molecular weight is 304 g/mol. The second-order valence-electron chi connectivity index (χ2n) is 6.18. The minimum Gasteiger partial charge on any atom is -0.408 e. The zero-order chi connectivity index (χ0) is 16.1. The molecule has 0 saturated heterocycles. The van der Waals surface area contributed by atoms with Gasteiger partial charge in [-0.1, -0.05) is 26.0 Å². The Morgan fingerprint density at radius 2 is 1.95 bits per heavy atom. The number of aromatic nitrogens is 1. The number of para-hydroxylation sites is 2. The molecule has 0 aliphatic carbocycles. The van der Waals surface area contributed by atoms with Gasteiger partial charge in [-0.25, -0.2) is 4.79 Å². The number of nitrogens with zero attached hydrogens (tertiary/aromatic N) is 1. The molecule has 0 fully saturated rings. The molecule has 1 heterocycles. The van der Waals surface area contributed by atoms with Crippen molar-refractivity contribution in [3.8, 4) is 0 Å². The van der Waals surface area contributed by atoms with Gasteiger partial charge < -0.3 is 9.73 Å². The minimum atomic E-state index is -0.415. The molecule has 0 unspecified atom stereocenters. The van der Waals surface area contributed by atoms with Gasteiger partial charge in [-0.15, -0.1) is 0 Å². The second kappa shape index (κ2) is 7.29. The van der Waals surface area contributed by atoms with E-state index in [0.29, 0.717) is 18.0 Å². The van der Waals surface area contributed by atoms with E-state index < -0.39 is 5.76 Å². The van der Waals surface area contributed by atoms with Gasteiger partial charge in [0.25, 0.3) is 0 Å². The fourth-order valence-corrected chi connectivity index (χ4v) is 2.44. The number of aryl methyl sites for hydroxylation is 1. The van der Waals surface area contributed by atoms with E-state index in [1.54, 1.807) is 6.07 Å². The van der Waals surface area contributed by atoms with Crippen LogP contribution in [0.3, 0.4) is 0 Å². The highest BCUT2D eigenvalue weighted by molar-refractivity contribution is 5.77. The normalized spacial score (nSPS) is 12.7. The quantitative estimate of drug-likeness (QED) is 0.855. The van der Waals surface area contributed by atoms with Crippen molar-refractivity contribution in [2.45, 2.75) is 52.6 Å². The van der Waals surface area contributed by atoms with Crippen molar-refractivity contribution in [2.24, 2.45) is 5.92 Å². The minimum absolute atomic E-state index is 0.0339. The van der Waals surface area contributed by atoms with Crippen LogP contribution in [-0.2, 0) is 11.3 Å². The Hall–Kier alpha value is -2.04. The molecule has 0 radical (unpaired) electrons. The largest absolute Gasteiger partial charge is 0.419 e. The lowest BCUT2D eigenvalue weighted by atomic mass is 10.0. The van der Waals surface area contributed by atoms with Crippen LogP contribution in [0.2, 0.25) is 0 Å². The SMILES string of the molecule is CC(C)CC[C@@H](C)NC(=O)CCn1c(=O)oc2ccccc21. The lowest BCUT2D eigenvalue weighted by Crippen LogP contribution is -2.33. The standard InChI is InChI=1S/C17H24N2O3/c1-12(2)8-9-13(3)18-16(20)10-11-19-14-6-4-5-7-15(14)22-17(19)21/h4-7,12-13H,8-11H2,1-3H3,(H,18,20)/t13-/m1/s1. The Labute approximate surface area is 130 Å². The Morgan fingerprint density at radius 1 is 1.23 bits per heavy atom. The van der Waals surface area contributed by atoms with Crippen molar-refractivity contribution >= 4 is 17.0 Å². The van der Waals surface area contributed by atoms with E-state index in [-0.39, 0.29) is 18.4 Å². The van der Waals surface area contributed by atoms with Crippen molar-refractivity contribution in [1.29, 1.82) is 0 Å². The summed E-state index contributed by atoms with van der Waals surface area (Å²) in [6.07, 6.45) is 2.33. The molecule has 2 aromatic rings. The smallest absolute Gasteiger partial charge is 0.408 e. The lowest BCUT2D eigenvalue weighted by Gasteiger charge is -2.15. The first kappa shape index (κ1) is 16.3. The molecule has 5 heteroatoms. The van der Waals surface area contributed by atoms with Gasteiger partial charge in [0.2, 0.25) is 5.91 Å². The van der Waals surface area contributed by atoms with E-state index in [4.69, 9.17) is 4.42 Å². The molecular formula is C17H24N2O3. The van der Waals surface area contributed by atoms with Crippen LogP contribution >= 0.6 is 0 Å². The first-order chi connectivity index (χ1) is 10.5. The molecule has 120 valence electrons. The molecular weight excluding hydrogens is 280 g/mol. The van der Waals surface area contributed by atoms with Crippen molar-refractivity contribution in [1.82, 2.24) is 9.88 Å². The average Bonchev–Trinajstić information content (AvgIpc) is 2.78. The lowest BCUT2D eigenvalue weighted by molar-refractivity contribution is -0.121. The topological polar surface area (TPSA) is 64.2 Å². The first-order valence-electron chi connectivity index (χ1n) is 7.85. The van der Waals surface area contributed by atoms with Crippen molar-refractivity contribution in [3.63, 3.8) is 0 Å². The summed E-state index contributed by atoms with van der Waals surface area (Å²) in [5.41, 5.74) is 1.28. The van der Waals surface area contributed by atoms with Gasteiger partial charge in [0.05, 0.1) is 5.52 Å². The van der Waals surface area contributed by atoms with Crippen molar-refractivity contribution < 1.29 is 9.21 Å². The van der Waals surface area contributed by atoms with Gasteiger partial charge in [-0.3, -0.25) is 9.36 Å². The second-order valence-corrected chi connectivity index (χ2v) is 6.18. The number of oxazole rings is 1. The van der Waals surface area contributed by atoms with Gasteiger partial charge in [-0.2, -0.15) is 0 Å². The number of fused-ring (bicyclic) bond motifs is 1. The zero-order valence-electron chi connectivity index (χ0n) is 13.5. The molecule has 1 amide bonds. The number of amides is 1. The van der Waals surface area contributed by atoms with Crippen molar-refractivity contribution in [3.05, 3.63) is 34.8 Å². The zero-order valence-corrected chi connectivity index (χ0v) is 13.5. The fraction of sp³-hybridized carbons (Fsp3) is 0.529. The van der Waals surface area contributed by atoms with E-state index in [1.165, 1.54) is 4.57 Å². The van der Waals surface area contributed by atoms with Gasteiger partial charge in [0, 0.05) is 19.0 Å². The summed E-state index contributed by atoms with van der Waals surface area (Å²) in [4.78, 5) is 23.8. The third-order valence-corrected chi connectivity index (χ3v) is 3.72. The maximum absolute atomic E-state index is 12.0. The summed E-state index contributed by atoms with van der Waals surface area (Å²) in [7, 11) is 0. The van der Waals surface area contributed by atoms with Gasteiger partial charge >= 0.3 is 5.76 Å². The first-order valence-corrected chi connectivity index (χ1v) is 7.85. The predicted molar refractivity (Wildman–Crippen MR) is 86.8 cm³/mol. The molecule has 5 nitrogen and oxygen atoms in total. The number of benzene rings is 1. The number of hydrogen-bond acceptors (Lipinski definition) is 3. The third kappa shape index (κ3) is 4.23. The monoisotopic (exact) mass is 304 g/mol. The Balaban J connectivity index is 1.90. The van der Waals surface area contributed by atoms with Crippen LogP contribution in [0.4, 0.5) is 0 Å². The van der Waals surface area contributed by atoms with Crippen LogP contribution in [0.25, 0.3) is 11.1 Å². The molecule has 1 atom stereocenters. The van der Waals surface area contributed by atoms with Crippen molar-refractivity contribution in [2.75, 3.05) is 0 Å². The summed E-state index contributed by atoms with van der Waals surface area (Å²) in [5, 5.41) is 2.98. The van der Waals surface area contributed by atoms with Gasteiger partial charge in [-0.05, 0) is 37.8 Å². The fourth-order valence-electron chi connectivity index (χ4n) is 2.44. The molecule has 1 aromatic carbocycles. The summed E-state index contributed by atoms with van der Waals surface area (Å²) < 4.78 is 6.66. The van der Waals surface area contributed by atoms with E-state index >= 15 is 0 Å². The van der Waals surface area contributed by atoms with Crippen LogP contribution in [-0.4, -0.2) is 16.5 Å². The molecule has 0 spiro atoms. The highest BCUT2D eigenvalue weighted by Gasteiger charge is 2.12. The highest BCUT2D eigenvalue weighted by Crippen LogP contribution is 2.12. The van der Waals surface area contributed by atoms with Crippen LogP contribution in [0.15, 0.2) is 33.5 Å². The van der Waals surface area contributed by atoms with E-state index in [0.717, 1.165) is 18.4 Å². The maximum atomic E-state index is 12.0. The summed E-state index contributed by atoms with van der Waals surface area (Å²) >= 11 is 0. The van der Waals surface area contributed by atoms with E-state index in [1.807, 2.05) is 25.1 Å². The molecule has 22 heavy (non-hydrogen) atoms. The van der Waals surface area contributed by atoms with Gasteiger partial charge in [0.15, 0.2) is 5.58 Å². The molecule has 0 aliphatic rings. The van der Waals surface area contributed by atoms with Crippen LogP contribution in [0, 0.1) is 5.92 Å². The Kier molecular flexibility index (Phi) is 5.41. The summed E-state index contributed by atoms with van der Waals surface area (Å²) in [6, 6.07) is 7.40. The van der Waals surface area contributed by atoms with Crippen LogP contribution in [0.5, 0.6) is 0 Å². The molecule has 0 saturated carbocycles. The predicted octanol–water partition coefficient (Wildman–Crippen LogP) is 2.93. The van der Waals surface area contributed by atoms with Crippen LogP contribution < -0.4 is 11.1 Å². The molecule has 1 aromatic heterocycles. The molecule has 1 N–H and O–H groups in total. The molecule has 2 rings (SSSR count). The molecule has 0 aliphatic heterocycles. The van der Waals surface area contributed by atoms with E-state index in [9.17, 15) is 9.59 Å². The number of carbonyl (C=O) groups is 1. The number of rotatable bonds is 7. The Morgan fingerprint density at radius 3 is 2.68 bits per heavy atom.